The first-order valence-electron chi connectivity index (χ1n) is 14.9. The van der Waals surface area contributed by atoms with Gasteiger partial charge in [0.25, 0.3) is 0 Å². The van der Waals surface area contributed by atoms with Crippen LogP contribution in [-0.4, -0.2) is 6.10 Å². The maximum Gasteiger partial charge on any atom is 0.0965 e. The summed E-state index contributed by atoms with van der Waals surface area (Å²) < 4.78 is 7.70. The van der Waals surface area contributed by atoms with Crippen molar-refractivity contribution in [2.75, 3.05) is 0 Å². The van der Waals surface area contributed by atoms with Crippen molar-refractivity contribution >= 4 is 105 Å². The summed E-state index contributed by atoms with van der Waals surface area (Å²) in [5.74, 6) is 3.95. The van der Waals surface area contributed by atoms with E-state index in [1.165, 1.54) is 6.42 Å². The molecule has 0 saturated heterocycles. The molecule has 3 aliphatic carbocycles. The Kier molecular flexibility index (Phi) is 14.8. The van der Waals surface area contributed by atoms with Gasteiger partial charge in [-0.05, 0) is 103 Å². The van der Waals surface area contributed by atoms with E-state index in [1.54, 1.807) is 11.1 Å². The van der Waals surface area contributed by atoms with Crippen molar-refractivity contribution in [3.8, 4) is 0 Å². The second-order valence-corrected chi connectivity index (χ2v) is 63.8. The molecule has 18 atom stereocenters. The standard InChI is InChI=1S/C27H61OP13/c1-15-13-16(2)27(12)19(5)17(3)22-18(4)21(28-36(40(35)37(29)30)41(38(31)32)39(33)34)14-26(11,25(22,9)10)20(6)23(27)24(15,7)8/h15-17,19-21,23H,13-14,29-35H2,1-12H3. The average Bonchev–Trinajstić information content (AvgIpc) is 2.83. The molecule has 2 bridgehead atoms. The van der Waals surface area contributed by atoms with Gasteiger partial charge in [-0.1, -0.05) is 90.7 Å². The molecule has 3 aliphatic rings. The van der Waals surface area contributed by atoms with E-state index in [0.29, 0.717) is 34.5 Å². The number of rotatable bonds is 7. The smallest absolute Gasteiger partial charge is 0.0965 e. The lowest BCUT2D eigenvalue weighted by Gasteiger charge is -2.70. The normalized spacial score (nSPS) is 42.4. The van der Waals surface area contributed by atoms with Crippen LogP contribution < -0.4 is 0 Å². The molecule has 0 spiro atoms. The zero-order valence-electron chi connectivity index (χ0n) is 27.6. The van der Waals surface area contributed by atoms with Gasteiger partial charge in [-0.3, -0.25) is 0 Å². The summed E-state index contributed by atoms with van der Waals surface area (Å²) in [5, 5.41) is 0. The fraction of sp³-hybridized carbons (Fsp3) is 0.926. The van der Waals surface area contributed by atoms with E-state index in [0.717, 1.165) is 18.3 Å². The van der Waals surface area contributed by atoms with Crippen LogP contribution in [0.25, 0.3) is 0 Å². The van der Waals surface area contributed by atoms with Gasteiger partial charge in [0.05, 0.1) is 13.6 Å². The van der Waals surface area contributed by atoms with Crippen LogP contribution in [0.4, 0.5) is 0 Å². The summed E-state index contributed by atoms with van der Waals surface area (Å²) in [6, 6.07) is 0. The van der Waals surface area contributed by atoms with E-state index in [1.807, 2.05) is 0 Å². The maximum absolute atomic E-state index is 7.70. The first-order chi connectivity index (χ1) is 18.5. The van der Waals surface area contributed by atoms with Gasteiger partial charge in [0, 0.05) is 14.0 Å². The van der Waals surface area contributed by atoms with Crippen molar-refractivity contribution in [1.82, 2.24) is 0 Å². The highest BCUT2D eigenvalue weighted by atomic mass is 33.2. The largest absolute Gasteiger partial charge is 0.341 e. The van der Waals surface area contributed by atoms with Crippen LogP contribution in [0.15, 0.2) is 11.1 Å². The van der Waals surface area contributed by atoms with E-state index >= 15 is 0 Å². The molecule has 0 aromatic rings. The molecule has 0 aliphatic heterocycles. The summed E-state index contributed by atoms with van der Waals surface area (Å²) in [4.78, 5) is 0. The van der Waals surface area contributed by atoms with Crippen molar-refractivity contribution in [3.63, 3.8) is 0 Å². The minimum atomic E-state index is -0.519. The summed E-state index contributed by atoms with van der Waals surface area (Å²) in [5.41, 5.74) is 4.26. The Morgan fingerprint density at radius 1 is 0.732 bits per heavy atom. The van der Waals surface area contributed by atoms with Crippen LogP contribution in [0, 0.1) is 57.2 Å². The third kappa shape index (κ3) is 7.11. The molecule has 18 unspecified atom stereocenters. The molecule has 2 saturated carbocycles. The molecule has 240 valence electrons. The molecule has 0 radical (unpaired) electrons. The van der Waals surface area contributed by atoms with Crippen molar-refractivity contribution < 1.29 is 4.52 Å². The molecule has 0 amide bonds. The van der Waals surface area contributed by atoms with E-state index in [4.69, 9.17) is 4.52 Å². The van der Waals surface area contributed by atoms with Gasteiger partial charge < -0.3 is 4.52 Å². The SMILES string of the molecule is CC1=C2C(C)C(C)C3(C)C(C)CC(C)C(C)(C)C3C(C)C(C)(CC1OP(P(P)P(P)P)P(P(P)P)P(P)P)C2(C)C. The first-order valence-corrected chi connectivity index (χ1v) is 37.7. The minimum absolute atomic E-state index is 0.139. The monoisotopic (exact) mass is 804 g/mol. The fourth-order valence-electron chi connectivity index (χ4n) is 9.81. The van der Waals surface area contributed by atoms with Gasteiger partial charge in [0.2, 0.25) is 0 Å². The number of hydrogen-bond acceptors (Lipinski definition) is 1. The van der Waals surface area contributed by atoms with Crippen molar-refractivity contribution in [2.24, 2.45) is 57.2 Å². The molecular weight excluding hydrogens is 743 g/mol. The third-order valence-corrected chi connectivity index (χ3v) is 83.8. The molecule has 14 heteroatoms. The van der Waals surface area contributed by atoms with Crippen LogP contribution in [0.2, 0.25) is 0 Å². The Labute approximate surface area is 278 Å². The van der Waals surface area contributed by atoms with Gasteiger partial charge in [-0.15, -0.1) is 53.6 Å². The van der Waals surface area contributed by atoms with Gasteiger partial charge in [0.15, 0.2) is 0 Å². The zero-order valence-corrected chi connectivity index (χ0v) is 41.0. The Morgan fingerprint density at radius 2 is 1.24 bits per heavy atom. The summed E-state index contributed by atoms with van der Waals surface area (Å²) in [7, 11) is 21.9. The molecule has 0 heterocycles. The zero-order chi connectivity index (χ0) is 31.8. The maximum atomic E-state index is 7.70. The molecule has 2 fully saturated rings. The number of fused-ring (bicyclic) bond motifs is 3. The lowest BCUT2D eigenvalue weighted by atomic mass is 9.35. The van der Waals surface area contributed by atoms with E-state index in [2.05, 4.69) is 146 Å². The molecule has 1 nitrogen and oxygen atoms in total. The van der Waals surface area contributed by atoms with Gasteiger partial charge in [-0.25, -0.2) is 0 Å². The quantitative estimate of drug-likeness (QED) is 0.184. The van der Waals surface area contributed by atoms with Crippen LogP contribution in [-0.2, 0) is 4.52 Å². The van der Waals surface area contributed by atoms with Gasteiger partial charge in [0.1, 0.15) is 0 Å². The molecular formula is C27H61OP13. The number of allylic oxidation sites excluding steroid dienone is 1. The highest BCUT2D eigenvalue weighted by molar-refractivity contribution is 9.19. The highest BCUT2D eigenvalue weighted by Crippen LogP contribution is 3.17. The summed E-state index contributed by atoms with van der Waals surface area (Å²) in [6.45, 7) is 30.4. The predicted molar refractivity (Wildman–Crippen MR) is 229 cm³/mol. The summed E-state index contributed by atoms with van der Waals surface area (Å²) in [6.07, 6.45) is 2.74. The highest BCUT2D eigenvalue weighted by Gasteiger charge is 2.66. The lowest BCUT2D eigenvalue weighted by Crippen LogP contribution is -2.64. The minimum Gasteiger partial charge on any atom is -0.341 e. The Bertz CT molecular complexity index is 978. The lowest BCUT2D eigenvalue weighted by molar-refractivity contribution is -0.190. The summed E-state index contributed by atoms with van der Waals surface area (Å²) >= 11 is 0. The van der Waals surface area contributed by atoms with E-state index in [9.17, 15) is 0 Å². The fourth-order valence-corrected chi connectivity index (χ4v) is 106. The molecule has 3 rings (SSSR count). The third-order valence-electron chi connectivity index (χ3n) is 13.0. The second-order valence-electron chi connectivity index (χ2n) is 15.0. The van der Waals surface area contributed by atoms with E-state index in [-0.39, 0.29) is 51.9 Å². The van der Waals surface area contributed by atoms with Gasteiger partial charge in [-0.2, -0.15) is 0 Å². The predicted octanol–water partition coefficient (Wildman–Crippen LogP) is 15.3. The second kappa shape index (κ2) is 14.9. The Balaban J connectivity index is 2.28. The average molecular weight is 804 g/mol. The van der Waals surface area contributed by atoms with Crippen molar-refractivity contribution in [1.29, 1.82) is 0 Å². The topological polar surface area (TPSA) is 9.23 Å². The van der Waals surface area contributed by atoms with Crippen molar-refractivity contribution in [2.45, 2.75) is 102 Å². The molecule has 0 N–H and O–H groups in total. The Morgan fingerprint density at radius 3 is 1.71 bits per heavy atom. The molecule has 41 heavy (non-hydrogen) atoms. The van der Waals surface area contributed by atoms with Crippen LogP contribution in [0.5, 0.6) is 0 Å². The first kappa shape index (κ1) is 40.7. The Hall–Kier alpha value is 5.29. The molecule has 0 aromatic heterocycles. The number of hydrogen-bond donors (Lipinski definition) is 0. The van der Waals surface area contributed by atoms with Crippen LogP contribution in [0.1, 0.15) is 95.9 Å². The van der Waals surface area contributed by atoms with E-state index < -0.39 is 7.53 Å². The van der Waals surface area contributed by atoms with Crippen LogP contribution in [0.3, 0.4) is 0 Å². The van der Waals surface area contributed by atoms with Crippen molar-refractivity contribution in [3.05, 3.63) is 11.1 Å². The van der Waals surface area contributed by atoms with Crippen LogP contribution >= 0.6 is 105 Å². The molecule has 0 aromatic carbocycles. The van der Waals surface area contributed by atoms with Gasteiger partial charge >= 0.3 is 0 Å².